The number of aromatic nitrogens is 1. The molecule has 0 saturated heterocycles. The van der Waals surface area contributed by atoms with Crippen LogP contribution in [0.3, 0.4) is 0 Å². The maximum Gasteiger partial charge on any atom is 0.226 e. The van der Waals surface area contributed by atoms with Crippen molar-refractivity contribution in [3.8, 4) is 0 Å². The Labute approximate surface area is 116 Å². The fourth-order valence-electron chi connectivity index (χ4n) is 2.71. The number of carbonyl (C=O) groups is 1. The molecule has 1 aliphatic rings. The van der Waals surface area contributed by atoms with Gasteiger partial charge in [0.1, 0.15) is 0 Å². The van der Waals surface area contributed by atoms with Gasteiger partial charge in [-0.15, -0.1) is 11.3 Å². The van der Waals surface area contributed by atoms with Crippen molar-refractivity contribution in [3.05, 3.63) is 23.7 Å². The van der Waals surface area contributed by atoms with E-state index in [2.05, 4.69) is 10.3 Å². The zero-order valence-electron chi connectivity index (χ0n) is 10.7. The first-order valence-corrected chi connectivity index (χ1v) is 7.45. The van der Waals surface area contributed by atoms with Crippen molar-refractivity contribution in [3.63, 3.8) is 0 Å². The lowest BCUT2D eigenvalue weighted by Crippen LogP contribution is -2.40. The fraction of sp³-hybridized carbons (Fsp3) is 0.429. The van der Waals surface area contributed by atoms with Gasteiger partial charge in [-0.05, 0) is 31.0 Å². The van der Waals surface area contributed by atoms with Crippen LogP contribution in [-0.2, 0) is 4.79 Å². The topological polar surface area (TPSA) is 68.0 Å². The zero-order chi connectivity index (χ0) is 13.3. The number of fused-ring (bicyclic) bond motifs is 1. The number of nitrogens with zero attached hydrogens (tertiary/aromatic N) is 1. The number of nitrogens with two attached hydrogens (primary N) is 1. The molecule has 1 aliphatic carbocycles. The van der Waals surface area contributed by atoms with Crippen LogP contribution in [0.15, 0.2) is 23.7 Å². The third-order valence-corrected chi connectivity index (χ3v) is 4.52. The van der Waals surface area contributed by atoms with Crippen LogP contribution in [0.4, 0.5) is 5.69 Å². The van der Waals surface area contributed by atoms with E-state index in [0.29, 0.717) is 6.42 Å². The van der Waals surface area contributed by atoms with E-state index in [1.54, 1.807) is 11.3 Å². The van der Waals surface area contributed by atoms with Crippen LogP contribution in [0.1, 0.15) is 32.1 Å². The summed E-state index contributed by atoms with van der Waals surface area (Å²) in [5.41, 5.74) is 9.52. The molecular weight excluding hydrogens is 258 g/mol. The van der Waals surface area contributed by atoms with Gasteiger partial charge in [0.15, 0.2) is 0 Å². The van der Waals surface area contributed by atoms with Crippen LogP contribution in [0, 0.1) is 0 Å². The second-order valence-electron chi connectivity index (χ2n) is 5.33. The smallest absolute Gasteiger partial charge is 0.226 e. The SMILES string of the molecule is NC1(CC(=O)Nc2ccc3ncsc3c2)CCCC1. The lowest BCUT2D eigenvalue weighted by molar-refractivity contribution is -0.117. The first-order valence-electron chi connectivity index (χ1n) is 6.57. The molecule has 2 aromatic rings. The number of benzene rings is 1. The molecule has 0 aliphatic heterocycles. The van der Waals surface area contributed by atoms with Gasteiger partial charge in [0.05, 0.1) is 15.7 Å². The Morgan fingerprint density at radius 2 is 2.21 bits per heavy atom. The average molecular weight is 275 g/mol. The van der Waals surface area contributed by atoms with Crippen molar-refractivity contribution in [2.24, 2.45) is 5.73 Å². The van der Waals surface area contributed by atoms with Gasteiger partial charge in [-0.25, -0.2) is 4.98 Å². The van der Waals surface area contributed by atoms with Crippen LogP contribution in [0.5, 0.6) is 0 Å². The van der Waals surface area contributed by atoms with E-state index in [4.69, 9.17) is 5.73 Å². The Morgan fingerprint density at radius 3 is 3.00 bits per heavy atom. The Morgan fingerprint density at radius 1 is 1.42 bits per heavy atom. The third-order valence-electron chi connectivity index (χ3n) is 3.73. The van der Waals surface area contributed by atoms with Crippen LogP contribution >= 0.6 is 11.3 Å². The van der Waals surface area contributed by atoms with E-state index in [9.17, 15) is 4.79 Å². The molecule has 1 amide bonds. The number of anilines is 1. The summed E-state index contributed by atoms with van der Waals surface area (Å²) in [6.45, 7) is 0. The van der Waals surface area contributed by atoms with Gasteiger partial charge >= 0.3 is 0 Å². The van der Waals surface area contributed by atoms with Gasteiger partial charge in [-0.2, -0.15) is 0 Å². The Balaban J connectivity index is 1.68. The molecule has 1 aromatic carbocycles. The normalized spacial score (nSPS) is 17.7. The lowest BCUT2D eigenvalue weighted by Gasteiger charge is -2.22. The molecule has 19 heavy (non-hydrogen) atoms. The molecular formula is C14H17N3OS. The summed E-state index contributed by atoms with van der Waals surface area (Å²) in [6, 6.07) is 5.77. The molecule has 1 heterocycles. The van der Waals surface area contributed by atoms with Crippen LogP contribution in [-0.4, -0.2) is 16.4 Å². The van der Waals surface area contributed by atoms with Crippen molar-refractivity contribution < 1.29 is 4.79 Å². The van der Waals surface area contributed by atoms with Crippen molar-refractivity contribution >= 4 is 33.1 Å². The molecule has 5 heteroatoms. The third kappa shape index (κ3) is 2.77. The number of thiazole rings is 1. The Kier molecular flexibility index (Phi) is 3.24. The molecule has 3 rings (SSSR count). The highest BCUT2D eigenvalue weighted by Crippen LogP contribution is 2.30. The Hall–Kier alpha value is -1.46. The minimum atomic E-state index is -0.293. The number of hydrogen-bond acceptors (Lipinski definition) is 4. The summed E-state index contributed by atoms with van der Waals surface area (Å²) in [4.78, 5) is 16.3. The van der Waals surface area contributed by atoms with Gasteiger partial charge < -0.3 is 11.1 Å². The molecule has 1 aromatic heterocycles. The molecule has 4 nitrogen and oxygen atoms in total. The van der Waals surface area contributed by atoms with E-state index < -0.39 is 0 Å². The van der Waals surface area contributed by atoms with E-state index in [0.717, 1.165) is 41.6 Å². The summed E-state index contributed by atoms with van der Waals surface area (Å²) in [6.07, 6.45) is 4.59. The molecule has 0 spiro atoms. The molecule has 0 unspecified atom stereocenters. The minimum absolute atomic E-state index is 0.00765. The summed E-state index contributed by atoms with van der Waals surface area (Å²) >= 11 is 1.57. The van der Waals surface area contributed by atoms with Crippen LogP contribution < -0.4 is 11.1 Å². The van der Waals surface area contributed by atoms with Gasteiger partial charge in [-0.1, -0.05) is 12.8 Å². The van der Waals surface area contributed by atoms with Crippen molar-refractivity contribution in [2.45, 2.75) is 37.6 Å². The van der Waals surface area contributed by atoms with E-state index in [1.165, 1.54) is 0 Å². The van der Waals surface area contributed by atoms with E-state index in [1.807, 2.05) is 23.7 Å². The monoisotopic (exact) mass is 275 g/mol. The number of nitrogens with one attached hydrogen (secondary N) is 1. The predicted octanol–water partition coefficient (Wildman–Crippen LogP) is 2.90. The Bertz CT molecular complexity index is 602. The number of carbonyl (C=O) groups excluding carboxylic acids is 1. The average Bonchev–Trinajstić information content (AvgIpc) is 2.97. The van der Waals surface area contributed by atoms with Gasteiger partial charge in [-0.3, -0.25) is 4.79 Å². The van der Waals surface area contributed by atoms with Crippen molar-refractivity contribution in [1.82, 2.24) is 4.98 Å². The maximum atomic E-state index is 12.0. The summed E-state index contributed by atoms with van der Waals surface area (Å²) in [5.74, 6) is 0.00765. The minimum Gasteiger partial charge on any atom is -0.326 e. The largest absolute Gasteiger partial charge is 0.326 e. The summed E-state index contributed by atoms with van der Waals surface area (Å²) in [7, 11) is 0. The van der Waals surface area contributed by atoms with E-state index in [-0.39, 0.29) is 11.4 Å². The summed E-state index contributed by atoms with van der Waals surface area (Å²) in [5, 5.41) is 2.94. The standard InChI is InChI=1S/C14H17N3OS/c15-14(5-1-2-6-14)8-13(18)17-10-3-4-11-12(7-10)19-9-16-11/h3-4,7,9H,1-2,5-6,8,15H2,(H,17,18). The second kappa shape index (κ2) is 4.90. The number of rotatable bonds is 3. The molecule has 0 radical (unpaired) electrons. The van der Waals surface area contributed by atoms with Crippen molar-refractivity contribution in [2.75, 3.05) is 5.32 Å². The van der Waals surface area contributed by atoms with Crippen molar-refractivity contribution in [1.29, 1.82) is 0 Å². The zero-order valence-corrected chi connectivity index (χ0v) is 11.5. The lowest BCUT2D eigenvalue weighted by atomic mass is 9.94. The maximum absolute atomic E-state index is 12.0. The fourth-order valence-corrected chi connectivity index (χ4v) is 3.43. The molecule has 3 N–H and O–H groups in total. The first kappa shape index (κ1) is 12.6. The number of hydrogen-bond donors (Lipinski definition) is 2. The van der Waals surface area contributed by atoms with Gasteiger partial charge in [0.25, 0.3) is 0 Å². The highest BCUT2D eigenvalue weighted by atomic mass is 32.1. The molecule has 0 bridgehead atoms. The first-order chi connectivity index (χ1) is 9.15. The van der Waals surface area contributed by atoms with Crippen LogP contribution in [0.25, 0.3) is 10.2 Å². The van der Waals surface area contributed by atoms with Gasteiger partial charge in [0, 0.05) is 17.6 Å². The molecule has 0 atom stereocenters. The second-order valence-corrected chi connectivity index (χ2v) is 6.22. The van der Waals surface area contributed by atoms with E-state index >= 15 is 0 Å². The predicted molar refractivity (Wildman–Crippen MR) is 78.3 cm³/mol. The van der Waals surface area contributed by atoms with Crippen LogP contribution in [0.2, 0.25) is 0 Å². The molecule has 100 valence electrons. The van der Waals surface area contributed by atoms with Gasteiger partial charge in [0.2, 0.25) is 5.91 Å². The molecule has 1 saturated carbocycles. The highest BCUT2D eigenvalue weighted by Gasteiger charge is 2.31. The highest BCUT2D eigenvalue weighted by molar-refractivity contribution is 7.16. The molecule has 1 fully saturated rings. The number of amides is 1. The summed E-state index contributed by atoms with van der Waals surface area (Å²) < 4.78 is 1.08. The quantitative estimate of drug-likeness (QED) is 0.905.